The van der Waals surface area contributed by atoms with Gasteiger partial charge in [-0.2, -0.15) is 0 Å². The number of benzene rings is 1. The predicted octanol–water partition coefficient (Wildman–Crippen LogP) is 1.31. The van der Waals surface area contributed by atoms with Crippen LogP contribution in [-0.4, -0.2) is 37.1 Å². The van der Waals surface area contributed by atoms with Gasteiger partial charge in [0.2, 0.25) is 0 Å². The molecule has 0 spiro atoms. The first-order valence-corrected chi connectivity index (χ1v) is 6.46. The van der Waals surface area contributed by atoms with Crippen LogP contribution in [-0.2, 0) is 16.1 Å². The Bertz CT molecular complexity index is 396. The number of hydrogen-bond acceptors (Lipinski definition) is 4. The minimum atomic E-state index is -0.471. The molecular weight excluding hydrogens is 246 g/mol. The number of aliphatic hydroxyl groups excluding tert-OH is 1. The van der Waals surface area contributed by atoms with E-state index in [2.05, 4.69) is 5.32 Å². The molecule has 5 nitrogen and oxygen atoms in total. The van der Waals surface area contributed by atoms with Gasteiger partial charge in [0.25, 0.3) is 0 Å². The van der Waals surface area contributed by atoms with Crippen molar-refractivity contribution in [1.82, 2.24) is 5.32 Å². The lowest BCUT2D eigenvalue weighted by Gasteiger charge is -2.27. The summed E-state index contributed by atoms with van der Waals surface area (Å²) in [6.45, 7) is 1.67. The zero-order valence-corrected chi connectivity index (χ0v) is 10.7. The topological polar surface area (TPSA) is 67.8 Å². The van der Waals surface area contributed by atoms with Crippen LogP contribution < -0.4 is 5.32 Å². The second-order valence-corrected chi connectivity index (χ2v) is 4.63. The molecule has 0 unspecified atom stereocenters. The molecular formula is C14H19NO4. The first kappa shape index (κ1) is 13.8. The standard InChI is InChI=1S/C14H19NO4/c16-13-6-7-18-10-12(13)8-15-14(17)19-9-11-4-2-1-3-5-11/h1-5,12-13,16H,6-10H2,(H,15,17)/t12-,13+/m0/s1. The van der Waals surface area contributed by atoms with Gasteiger partial charge in [-0.3, -0.25) is 0 Å². The molecule has 0 bridgehead atoms. The van der Waals surface area contributed by atoms with Crippen LogP contribution in [0.2, 0.25) is 0 Å². The normalized spacial score (nSPS) is 22.8. The molecule has 1 aromatic rings. The molecule has 1 saturated heterocycles. The maximum atomic E-state index is 11.5. The van der Waals surface area contributed by atoms with E-state index in [1.165, 1.54) is 0 Å². The fraction of sp³-hybridized carbons (Fsp3) is 0.500. The molecule has 104 valence electrons. The van der Waals surface area contributed by atoms with E-state index in [0.717, 1.165) is 5.56 Å². The molecule has 1 fully saturated rings. The highest BCUT2D eigenvalue weighted by Gasteiger charge is 2.24. The molecule has 1 aliphatic rings. The number of alkyl carbamates (subject to hydrolysis) is 1. The maximum Gasteiger partial charge on any atom is 0.407 e. The van der Waals surface area contributed by atoms with Crippen LogP contribution in [0, 0.1) is 5.92 Å². The van der Waals surface area contributed by atoms with Crippen molar-refractivity contribution in [2.45, 2.75) is 19.1 Å². The van der Waals surface area contributed by atoms with Crippen molar-refractivity contribution >= 4 is 6.09 Å². The number of carbonyl (C=O) groups is 1. The summed E-state index contributed by atoms with van der Waals surface area (Å²) < 4.78 is 10.3. The van der Waals surface area contributed by atoms with Crippen molar-refractivity contribution in [3.05, 3.63) is 35.9 Å². The molecule has 19 heavy (non-hydrogen) atoms. The third kappa shape index (κ3) is 4.54. The Labute approximate surface area is 112 Å². The second-order valence-electron chi connectivity index (χ2n) is 4.63. The highest BCUT2D eigenvalue weighted by Crippen LogP contribution is 2.13. The van der Waals surface area contributed by atoms with E-state index in [9.17, 15) is 9.90 Å². The van der Waals surface area contributed by atoms with Gasteiger partial charge in [-0.25, -0.2) is 4.79 Å². The minimum absolute atomic E-state index is 0.0574. The molecule has 2 atom stereocenters. The monoisotopic (exact) mass is 265 g/mol. The molecule has 1 heterocycles. The first-order valence-electron chi connectivity index (χ1n) is 6.46. The summed E-state index contributed by atoms with van der Waals surface area (Å²) >= 11 is 0. The third-order valence-electron chi connectivity index (χ3n) is 3.16. The smallest absolute Gasteiger partial charge is 0.407 e. The molecule has 0 saturated carbocycles. The molecule has 5 heteroatoms. The van der Waals surface area contributed by atoms with Crippen molar-refractivity contribution in [2.75, 3.05) is 19.8 Å². The van der Waals surface area contributed by atoms with E-state index in [0.29, 0.717) is 26.2 Å². The zero-order chi connectivity index (χ0) is 13.5. The summed E-state index contributed by atoms with van der Waals surface area (Å²) in [7, 11) is 0. The lowest BCUT2D eigenvalue weighted by molar-refractivity contribution is -0.0343. The Kier molecular flexibility index (Phi) is 5.18. The van der Waals surface area contributed by atoms with Crippen LogP contribution >= 0.6 is 0 Å². The van der Waals surface area contributed by atoms with Crippen molar-refractivity contribution in [1.29, 1.82) is 0 Å². The molecule has 1 aliphatic heterocycles. The average Bonchev–Trinajstić information content (AvgIpc) is 2.45. The Morgan fingerprint density at radius 3 is 2.95 bits per heavy atom. The van der Waals surface area contributed by atoms with Crippen LogP contribution in [0.4, 0.5) is 4.79 Å². The Morgan fingerprint density at radius 2 is 2.21 bits per heavy atom. The van der Waals surface area contributed by atoms with E-state index < -0.39 is 12.2 Å². The summed E-state index contributed by atoms with van der Waals surface area (Å²) in [4.78, 5) is 11.5. The third-order valence-corrected chi connectivity index (χ3v) is 3.16. The Morgan fingerprint density at radius 1 is 1.42 bits per heavy atom. The summed E-state index contributed by atoms with van der Waals surface area (Å²) in [5.41, 5.74) is 0.943. The van der Waals surface area contributed by atoms with Crippen molar-refractivity contribution in [2.24, 2.45) is 5.92 Å². The molecule has 1 aromatic carbocycles. The van der Waals surface area contributed by atoms with Crippen molar-refractivity contribution in [3.63, 3.8) is 0 Å². The van der Waals surface area contributed by atoms with Crippen LogP contribution in [0.3, 0.4) is 0 Å². The van der Waals surface area contributed by atoms with E-state index in [1.807, 2.05) is 30.3 Å². The quantitative estimate of drug-likeness (QED) is 0.861. The summed E-state index contributed by atoms with van der Waals surface area (Å²) in [6.07, 6.45) is -0.268. The van der Waals surface area contributed by atoms with Crippen LogP contribution in [0.15, 0.2) is 30.3 Å². The molecule has 0 radical (unpaired) electrons. The fourth-order valence-electron chi connectivity index (χ4n) is 1.97. The van der Waals surface area contributed by atoms with E-state index in [-0.39, 0.29) is 12.5 Å². The van der Waals surface area contributed by atoms with Gasteiger partial charge in [0.1, 0.15) is 6.61 Å². The van der Waals surface area contributed by atoms with Crippen molar-refractivity contribution in [3.8, 4) is 0 Å². The highest BCUT2D eigenvalue weighted by atomic mass is 16.5. The van der Waals surface area contributed by atoms with Gasteiger partial charge in [0.05, 0.1) is 12.7 Å². The van der Waals surface area contributed by atoms with Gasteiger partial charge in [-0.1, -0.05) is 30.3 Å². The van der Waals surface area contributed by atoms with Gasteiger partial charge in [0.15, 0.2) is 0 Å². The second kappa shape index (κ2) is 7.11. The lowest BCUT2D eigenvalue weighted by Crippen LogP contribution is -2.40. The molecule has 0 aliphatic carbocycles. The number of rotatable bonds is 4. The van der Waals surface area contributed by atoms with Gasteiger partial charge in [-0.15, -0.1) is 0 Å². The minimum Gasteiger partial charge on any atom is -0.445 e. The largest absolute Gasteiger partial charge is 0.445 e. The lowest BCUT2D eigenvalue weighted by atomic mass is 9.99. The van der Waals surface area contributed by atoms with E-state index in [4.69, 9.17) is 9.47 Å². The number of carbonyl (C=O) groups excluding carboxylic acids is 1. The number of ether oxygens (including phenoxy) is 2. The van der Waals surface area contributed by atoms with Gasteiger partial charge >= 0.3 is 6.09 Å². The molecule has 0 aromatic heterocycles. The van der Waals surface area contributed by atoms with Gasteiger partial charge in [0, 0.05) is 19.1 Å². The predicted molar refractivity (Wildman–Crippen MR) is 69.6 cm³/mol. The fourth-order valence-corrected chi connectivity index (χ4v) is 1.97. The van der Waals surface area contributed by atoms with Crippen LogP contribution in [0.25, 0.3) is 0 Å². The van der Waals surface area contributed by atoms with Gasteiger partial charge in [-0.05, 0) is 12.0 Å². The Hall–Kier alpha value is -1.59. The van der Waals surface area contributed by atoms with E-state index >= 15 is 0 Å². The van der Waals surface area contributed by atoms with Crippen molar-refractivity contribution < 1.29 is 19.4 Å². The summed E-state index contributed by atoms with van der Waals surface area (Å²) in [6, 6.07) is 9.49. The van der Waals surface area contributed by atoms with Crippen LogP contribution in [0.1, 0.15) is 12.0 Å². The van der Waals surface area contributed by atoms with Gasteiger partial charge < -0.3 is 19.9 Å². The summed E-state index contributed by atoms with van der Waals surface area (Å²) in [5, 5.41) is 12.4. The average molecular weight is 265 g/mol. The Balaban J connectivity index is 1.67. The SMILES string of the molecule is O=C(NC[C@H]1COCC[C@H]1O)OCc1ccccc1. The first-order chi connectivity index (χ1) is 9.25. The highest BCUT2D eigenvalue weighted by molar-refractivity contribution is 5.67. The van der Waals surface area contributed by atoms with Crippen LogP contribution in [0.5, 0.6) is 0 Å². The summed E-state index contributed by atoms with van der Waals surface area (Å²) in [5.74, 6) is -0.0574. The molecule has 2 N–H and O–H groups in total. The number of nitrogens with one attached hydrogen (secondary N) is 1. The molecule has 1 amide bonds. The van der Waals surface area contributed by atoms with E-state index in [1.54, 1.807) is 0 Å². The zero-order valence-electron chi connectivity index (χ0n) is 10.7. The number of hydrogen-bond donors (Lipinski definition) is 2. The number of aliphatic hydroxyl groups is 1. The molecule has 2 rings (SSSR count). The number of amides is 1. The maximum absolute atomic E-state index is 11.5.